The molecular formula is C14H18Br2F4N2O2. The lowest BCUT2D eigenvalue weighted by atomic mass is 9.96. The van der Waals surface area contributed by atoms with Gasteiger partial charge in [0.05, 0.1) is 0 Å². The van der Waals surface area contributed by atoms with Gasteiger partial charge in [0.2, 0.25) is 0 Å². The molecule has 138 valence electrons. The second kappa shape index (κ2) is 10.2. The number of alkyl halides is 4. The molecule has 0 fully saturated rings. The number of carbonyl (C=O) groups excluding carboxylic acids is 2. The van der Waals surface area contributed by atoms with E-state index in [0.717, 1.165) is 0 Å². The van der Waals surface area contributed by atoms with Crippen LogP contribution in [0.1, 0.15) is 26.7 Å². The zero-order valence-corrected chi connectivity index (χ0v) is 16.2. The molecular weight excluding hydrogens is 464 g/mol. The summed E-state index contributed by atoms with van der Waals surface area (Å²) < 4.78 is 57.0. The second-order valence-electron chi connectivity index (χ2n) is 4.71. The van der Waals surface area contributed by atoms with Gasteiger partial charge in [-0.2, -0.15) is 17.6 Å². The summed E-state index contributed by atoms with van der Waals surface area (Å²) in [6.45, 7) is 3.22. The molecule has 0 aliphatic rings. The molecule has 0 aromatic rings. The first kappa shape index (κ1) is 23.1. The molecule has 2 N–H and O–H groups in total. The maximum atomic E-state index is 14.3. The first-order valence-electron chi connectivity index (χ1n) is 7.05. The third-order valence-corrected chi connectivity index (χ3v) is 3.74. The first-order chi connectivity index (χ1) is 11.1. The highest BCUT2D eigenvalue weighted by molar-refractivity contribution is 9.11. The Bertz CT molecular complexity index is 477. The molecule has 24 heavy (non-hydrogen) atoms. The monoisotopic (exact) mass is 480 g/mol. The van der Waals surface area contributed by atoms with E-state index in [0.29, 0.717) is 22.8 Å². The summed E-state index contributed by atoms with van der Waals surface area (Å²) >= 11 is 5.15. The molecule has 0 aliphatic heterocycles. The van der Waals surface area contributed by atoms with Crippen LogP contribution in [0, 0.1) is 0 Å². The SMILES string of the molecule is CCCNC(=O)C(F)(F)C(=C\Br)/C(=C/Br)C(F)(F)C(=O)NCCC. The quantitative estimate of drug-likeness (QED) is 0.388. The number of nitrogens with one attached hydrogen (secondary N) is 2. The van der Waals surface area contributed by atoms with Crippen LogP contribution in [0.2, 0.25) is 0 Å². The van der Waals surface area contributed by atoms with Crippen molar-refractivity contribution < 1.29 is 27.2 Å². The van der Waals surface area contributed by atoms with Gasteiger partial charge >= 0.3 is 11.8 Å². The third-order valence-electron chi connectivity index (χ3n) is 2.83. The van der Waals surface area contributed by atoms with Crippen LogP contribution in [0.4, 0.5) is 17.6 Å². The standard InChI is InChI=1S/C14H18Br2F4N2O2/c1-3-5-21-11(23)13(17,18)9(7-15)10(8-16)14(19,20)12(24)22-6-4-2/h7-8H,3-6H2,1-2H3,(H,21,23)(H,22,24)/b9-7-,10-8-. The first-order valence-corrected chi connectivity index (χ1v) is 8.88. The molecule has 0 aromatic heterocycles. The number of hydrogen-bond acceptors (Lipinski definition) is 2. The fraction of sp³-hybridized carbons (Fsp3) is 0.571. The maximum absolute atomic E-state index is 14.3. The molecule has 10 heteroatoms. The smallest absolute Gasteiger partial charge is 0.350 e. The molecule has 4 nitrogen and oxygen atoms in total. The van der Waals surface area contributed by atoms with Gasteiger partial charge in [-0.15, -0.1) is 0 Å². The van der Waals surface area contributed by atoms with Gasteiger partial charge in [-0.1, -0.05) is 45.7 Å². The Morgan fingerprint density at radius 2 is 1.12 bits per heavy atom. The van der Waals surface area contributed by atoms with E-state index in [1.807, 2.05) is 10.6 Å². The van der Waals surface area contributed by atoms with Gasteiger partial charge in [0.15, 0.2) is 0 Å². The largest absolute Gasteiger partial charge is 0.351 e. The minimum absolute atomic E-state index is 0.0370. The lowest BCUT2D eigenvalue weighted by Crippen LogP contribution is -2.47. The Balaban J connectivity index is 5.68. The fourth-order valence-corrected chi connectivity index (χ4v) is 2.60. The summed E-state index contributed by atoms with van der Waals surface area (Å²) in [7, 11) is 0. The maximum Gasteiger partial charge on any atom is 0.350 e. The van der Waals surface area contributed by atoms with Crippen LogP contribution in [0.5, 0.6) is 0 Å². The topological polar surface area (TPSA) is 58.2 Å². The molecule has 0 saturated carbocycles. The highest BCUT2D eigenvalue weighted by Gasteiger charge is 2.53. The molecule has 0 radical (unpaired) electrons. The molecule has 0 spiro atoms. The van der Waals surface area contributed by atoms with Crippen molar-refractivity contribution in [2.24, 2.45) is 0 Å². The molecule has 0 unspecified atom stereocenters. The van der Waals surface area contributed by atoms with Gasteiger partial charge < -0.3 is 10.6 Å². The van der Waals surface area contributed by atoms with E-state index in [1.54, 1.807) is 13.8 Å². The van der Waals surface area contributed by atoms with Crippen molar-refractivity contribution in [3.05, 3.63) is 21.1 Å². The van der Waals surface area contributed by atoms with E-state index >= 15 is 0 Å². The van der Waals surface area contributed by atoms with Crippen molar-refractivity contribution in [1.82, 2.24) is 10.6 Å². The third kappa shape index (κ3) is 5.58. The molecule has 0 bridgehead atoms. The average molecular weight is 482 g/mol. The number of hydrogen-bond donors (Lipinski definition) is 2. The van der Waals surface area contributed by atoms with Crippen LogP contribution < -0.4 is 10.6 Å². The van der Waals surface area contributed by atoms with E-state index in [1.165, 1.54) is 0 Å². The van der Waals surface area contributed by atoms with Gasteiger partial charge in [-0.3, -0.25) is 9.59 Å². The van der Waals surface area contributed by atoms with Crippen molar-refractivity contribution in [3.63, 3.8) is 0 Å². The summed E-state index contributed by atoms with van der Waals surface area (Å²) in [6, 6.07) is 0. The van der Waals surface area contributed by atoms with Gasteiger partial charge in [0, 0.05) is 24.2 Å². The van der Waals surface area contributed by atoms with Gasteiger partial charge in [0.25, 0.3) is 11.8 Å². The van der Waals surface area contributed by atoms with Crippen LogP contribution >= 0.6 is 31.9 Å². The van der Waals surface area contributed by atoms with Crippen molar-refractivity contribution >= 4 is 43.7 Å². The van der Waals surface area contributed by atoms with E-state index in [-0.39, 0.29) is 13.1 Å². The Morgan fingerprint density at radius 1 is 0.833 bits per heavy atom. The predicted octanol–water partition coefficient (Wildman–Crippen LogP) is 3.87. The molecule has 0 atom stereocenters. The van der Waals surface area contributed by atoms with Crippen molar-refractivity contribution in [1.29, 1.82) is 0 Å². The summed E-state index contributed by atoms with van der Waals surface area (Å²) in [5, 5.41) is 3.89. The van der Waals surface area contributed by atoms with Gasteiger partial charge in [0.1, 0.15) is 0 Å². The summed E-state index contributed by atoms with van der Waals surface area (Å²) in [6.07, 6.45) is 0.789. The van der Waals surface area contributed by atoms with E-state index in [4.69, 9.17) is 0 Å². The van der Waals surface area contributed by atoms with Crippen LogP contribution in [0.15, 0.2) is 21.1 Å². The van der Waals surface area contributed by atoms with Crippen molar-refractivity contribution in [3.8, 4) is 0 Å². The Hall–Kier alpha value is -0.900. The van der Waals surface area contributed by atoms with Crippen LogP contribution in [-0.2, 0) is 9.59 Å². The molecule has 0 rings (SSSR count). The normalized spacial score (nSPS) is 13.7. The summed E-state index contributed by atoms with van der Waals surface area (Å²) in [5.41, 5.74) is -2.63. The van der Waals surface area contributed by atoms with Gasteiger partial charge in [-0.05, 0) is 22.8 Å². The number of rotatable bonds is 9. The minimum atomic E-state index is -4.26. The number of halogens is 6. The Kier molecular flexibility index (Phi) is 9.79. The lowest BCUT2D eigenvalue weighted by Gasteiger charge is -2.25. The molecule has 0 aliphatic carbocycles. The predicted molar refractivity (Wildman–Crippen MR) is 90.5 cm³/mol. The molecule has 0 aromatic carbocycles. The molecule has 0 heterocycles. The van der Waals surface area contributed by atoms with E-state index in [2.05, 4.69) is 31.9 Å². The van der Waals surface area contributed by atoms with Crippen LogP contribution in [0.25, 0.3) is 0 Å². The Labute approximate surface area is 154 Å². The highest BCUT2D eigenvalue weighted by atomic mass is 79.9. The lowest BCUT2D eigenvalue weighted by molar-refractivity contribution is -0.144. The fourth-order valence-electron chi connectivity index (χ4n) is 1.54. The average Bonchev–Trinajstić information content (AvgIpc) is 2.54. The molecule has 2 amide bonds. The van der Waals surface area contributed by atoms with E-state index < -0.39 is 34.8 Å². The highest BCUT2D eigenvalue weighted by Crippen LogP contribution is 2.40. The number of amides is 2. The van der Waals surface area contributed by atoms with Crippen LogP contribution in [0.3, 0.4) is 0 Å². The van der Waals surface area contributed by atoms with Crippen molar-refractivity contribution in [2.75, 3.05) is 13.1 Å². The zero-order chi connectivity index (χ0) is 19.0. The van der Waals surface area contributed by atoms with Gasteiger partial charge in [-0.25, -0.2) is 0 Å². The van der Waals surface area contributed by atoms with Crippen LogP contribution in [-0.4, -0.2) is 36.7 Å². The van der Waals surface area contributed by atoms with Crippen molar-refractivity contribution in [2.45, 2.75) is 38.5 Å². The number of carbonyl (C=O) groups is 2. The second-order valence-corrected chi connectivity index (χ2v) is 5.62. The van der Waals surface area contributed by atoms with E-state index in [9.17, 15) is 27.2 Å². The molecule has 0 saturated heterocycles. The summed E-state index contributed by atoms with van der Waals surface area (Å²) in [5.74, 6) is -12.0. The summed E-state index contributed by atoms with van der Waals surface area (Å²) in [4.78, 5) is 24.2. The Morgan fingerprint density at radius 3 is 1.33 bits per heavy atom. The minimum Gasteiger partial charge on any atom is -0.351 e. The zero-order valence-electron chi connectivity index (χ0n) is 13.1.